The number of aryl methyl sites for hydroxylation is 1. The monoisotopic (exact) mass is 483 g/mol. The summed E-state index contributed by atoms with van der Waals surface area (Å²) in [6, 6.07) is 17.9. The van der Waals surface area contributed by atoms with Gasteiger partial charge in [-0.15, -0.1) is 0 Å². The largest absolute Gasteiger partial charge is 0.326 e. The lowest BCUT2D eigenvalue weighted by Crippen LogP contribution is -2.35. The van der Waals surface area contributed by atoms with Crippen LogP contribution in [0.5, 0.6) is 0 Å². The zero-order chi connectivity index (χ0) is 23.6. The molecule has 0 unspecified atom stereocenters. The SMILES string of the molecule is CC(=O)Nc1cccc(NC(=O)c2ccc3c(c2)CCCN3S(=O)(=O)c2ccc(Cl)cc2)c1. The van der Waals surface area contributed by atoms with E-state index in [0.717, 1.165) is 5.56 Å². The maximum Gasteiger partial charge on any atom is 0.264 e. The number of rotatable bonds is 5. The van der Waals surface area contributed by atoms with E-state index < -0.39 is 10.0 Å². The molecule has 3 aromatic carbocycles. The third kappa shape index (κ3) is 5.02. The Morgan fingerprint density at radius 2 is 1.64 bits per heavy atom. The molecule has 7 nitrogen and oxygen atoms in total. The van der Waals surface area contributed by atoms with Gasteiger partial charge in [-0.25, -0.2) is 8.42 Å². The van der Waals surface area contributed by atoms with Crippen molar-refractivity contribution in [2.75, 3.05) is 21.5 Å². The van der Waals surface area contributed by atoms with Gasteiger partial charge in [0.2, 0.25) is 5.91 Å². The number of hydrogen-bond acceptors (Lipinski definition) is 4. The van der Waals surface area contributed by atoms with E-state index >= 15 is 0 Å². The molecule has 4 rings (SSSR count). The number of nitrogens with one attached hydrogen (secondary N) is 2. The Balaban J connectivity index is 1.58. The molecular weight excluding hydrogens is 462 g/mol. The number of benzene rings is 3. The lowest BCUT2D eigenvalue weighted by Gasteiger charge is -2.30. The lowest BCUT2D eigenvalue weighted by atomic mass is 10.0. The van der Waals surface area contributed by atoms with Crippen molar-refractivity contribution in [1.29, 1.82) is 0 Å². The standard InChI is InChI=1S/C24H22ClN3O4S/c1-16(29)26-20-5-2-6-21(15-20)27-24(30)18-7-12-23-17(14-18)4-3-13-28(23)33(31,32)22-10-8-19(25)9-11-22/h2,5-12,14-15H,3-4,13H2,1H3,(H,26,29)(H,27,30). The van der Waals surface area contributed by atoms with Gasteiger partial charge in [-0.2, -0.15) is 0 Å². The minimum Gasteiger partial charge on any atom is -0.326 e. The van der Waals surface area contributed by atoms with E-state index in [1.807, 2.05) is 0 Å². The van der Waals surface area contributed by atoms with Gasteiger partial charge in [-0.3, -0.25) is 13.9 Å². The summed E-state index contributed by atoms with van der Waals surface area (Å²) in [4.78, 5) is 24.2. The van der Waals surface area contributed by atoms with Crippen molar-refractivity contribution in [3.63, 3.8) is 0 Å². The zero-order valence-electron chi connectivity index (χ0n) is 17.8. The summed E-state index contributed by atoms with van der Waals surface area (Å²) in [5, 5.41) is 5.96. The van der Waals surface area contributed by atoms with Crippen LogP contribution in [0.15, 0.2) is 71.6 Å². The van der Waals surface area contributed by atoms with Crippen molar-refractivity contribution in [3.05, 3.63) is 82.9 Å². The summed E-state index contributed by atoms with van der Waals surface area (Å²) >= 11 is 5.90. The summed E-state index contributed by atoms with van der Waals surface area (Å²) in [6.45, 7) is 1.77. The fraction of sp³-hybridized carbons (Fsp3) is 0.167. The van der Waals surface area contributed by atoms with E-state index in [0.29, 0.717) is 47.0 Å². The van der Waals surface area contributed by atoms with E-state index in [1.54, 1.807) is 54.6 Å². The fourth-order valence-corrected chi connectivity index (χ4v) is 5.44. The summed E-state index contributed by atoms with van der Waals surface area (Å²) in [5.41, 5.74) is 2.90. The Morgan fingerprint density at radius 3 is 2.33 bits per heavy atom. The van der Waals surface area contributed by atoms with Gasteiger partial charge in [0.05, 0.1) is 10.6 Å². The molecule has 0 spiro atoms. The van der Waals surface area contributed by atoms with Gasteiger partial charge in [0.25, 0.3) is 15.9 Å². The Kier molecular flexibility index (Phi) is 6.40. The first-order valence-electron chi connectivity index (χ1n) is 10.3. The minimum atomic E-state index is -3.75. The van der Waals surface area contributed by atoms with Crippen molar-refractivity contribution in [2.45, 2.75) is 24.7 Å². The molecule has 0 bridgehead atoms. The number of anilines is 3. The highest BCUT2D eigenvalue weighted by atomic mass is 35.5. The number of fused-ring (bicyclic) bond motifs is 1. The molecule has 1 aliphatic heterocycles. The summed E-state index contributed by atoms with van der Waals surface area (Å²) in [5.74, 6) is -0.526. The number of carbonyl (C=O) groups is 2. The smallest absolute Gasteiger partial charge is 0.264 e. The molecule has 1 aliphatic rings. The van der Waals surface area contributed by atoms with Gasteiger partial charge in [0.1, 0.15) is 0 Å². The average molecular weight is 484 g/mol. The Morgan fingerprint density at radius 1 is 0.939 bits per heavy atom. The second-order valence-electron chi connectivity index (χ2n) is 7.69. The van der Waals surface area contributed by atoms with Crippen LogP contribution in [0.1, 0.15) is 29.3 Å². The van der Waals surface area contributed by atoms with Crippen molar-refractivity contribution >= 4 is 50.5 Å². The number of carbonyl (C=O) groups excluding carboxylic acids is 2. The van der Waals surface area contributed by atoms with Crippen LogP contribution in [0.2, 0.25) is 5.02 Å². The topological polar surface area (TPSA) is 95.6 Å². The van der Waals surface area contributed by atoms with E-state index in [4.69, 9.17) is 11.6 Å². The molecule has 33 heavy (non-hydrogen) atoms. The summed E-state index contributed by atoms with van der Waals surface area (Å²) in [6.07, 6.45) is 1.31. The molecule has 0 saturated carbocycles. The molecule has 0 saturated heterocycles. The first-order chi connectivity index (χ1) is 15.7. The molecule has 2 N–H and O–H groups in total. The van der Waals surface area contributed by atoms with Crippen LogP contribution in [-0.2, 0) is 21.2 Å². The van der Waals surface area contributed by atoms with Crippen LogP contribution in [-0.4, -0.2) is 26.8 Å². The number of nitrogens with zero attached hydrogens (tertiary/aromatic N) is 1. The number of halogens is 1. The van der Waals surface area contributed by atoms with E-state index in [-0.39, 0.29) is 16.7 Å². The van der Waals surface area contributed by atoms with Crippen LogP contribution in [0.4, 0.5) is 17.1 Å². The molecular formula is C24H22ClN3O4S. The molecule has 170 valence electrons. The quantitative estimate of drug-likeness (QED) is 0.550. The highest BCUT2D eigenvalue weighted by molar-refractivity contribution is 7.92. The van der Waals surface area contributed by atoms with Crippen molar-refractivity contribution in [3.8, 4) is 0 Å². The molecule has 0 aromatic heterocycles. The van der Waals surface area contributed by atoms with Crippen LogP contribution in [0.25, 0.3) is 0 Å². The number of amides is 2. The molecule has 0 radical (unpaired) electrons. The second-order valence-corrected chi connectivity index (χ2v) is 9.99. The third-order valence-corrected chi connectivity index (χ3v) is 7.34. The van der Waals surface area contributed by atoms with Crippen LogP contribution in [0.3, 0.4) is 0 Å². The van der Waals surface area contributed by atoms with Crippen molar-refractivity contribution in [1.82, 2.24) is 0 Å². The highest BCUT2D eigenvalue weighted by Gasteiger charge is 2.29. The van der Waals surface area contributed by atoms with Gasteiger partial charge in [0.15, 0.2) is 0 Å². The van der Waals surface area contributed by atoms with Crippen LogP contribution < -0.4 is 14.9 Å². The van der Waals surface area contributed by atoms with E-state index in [9.17, 15) is 18.0 Å². The second kappa shape index (κ2) is 9.25. The zero-order valence-corrected chi connectivity index (χ0v) is 19.4. The van der Waals surface area contributed by atoms with Gasteiger partial charge in [-0.1, -0.05) is 17.7 Å². The van der Waals surface area contributed by atoms with Gasteiger partial charge in [-0.05, 0) is 79.1 Å². The molecule has 0 fully saturated rings. The lowest BCUT2D eigenvalue weighted by molar-refractivity contribution is -0.114. The van der Waals surface area contributed by atoms with Crippen molar-refractivity contribution in [2.24, 2.45) is 0 Å². The predicted molar refractivity (Wildman–Crippen MR) is 129 cm³/mol. The summed E-state index contributed by atoms with van der Waals surface area (Å²) < 4.78 is 27.8. The van der Waals surface area contributed by atoms with Crippen LogP contribution in [0, 0.1) is 0 Å². The normalized spacial score (nSPS) is 13.2. The van der Waals surface area contributed by atoms with Crippen molar-refractivity contribution < 1.29 is 18.0 Å². The average Bonchev–Trinajstić information content (AvgIpc) is 2.78. The van der Waals surface area contributed by atoms with E-state index in [2.05, 4.69) is 10.6 Å². The molecule has 0 atom stereocenters. The molecule has 1 heterocycles. The summed E-state index contributed by atoms with van der Waals surface area (Å²) in [7, 11) is -3.75. The predicted octanol–water partition coefficient (Wildman–Crippen LogP) is 4.69. The Labute approximate surface area is 197 Å². The molecule has 0 aliphatic carbocycles. The number of hydrogen-bond donors (Lipinski definition) is 2. The molecule has 9 heteroatoms. The first kappa shape index (κ1) is 22.8. The third-order valence-electron chi connectivity index (χ3n) is 5.26. The molecule has 3 aromatic rings. The maximum absolute atomic E-state index is 13.2. The fourth-order valence-electron chi connectivity index (χ4n) is 3.77. The highest BCUT2D eigenvalue weighted by Crippen LogP contribution is 2.33. The first-order valence-corrected chi connectivity index (χ1v) is 12.2. The Hall–Kier alpha value is -3.36. The van der Waals surface area contributed by atoms with Crippen LogP contribution >= 0.6 is 11.6 Å². The maximum atomic E-state index is 13.2. The van der Waals surface area contributed by atoms with Gasteiger partial charge >= 0.3 is 0 Å². The van der Waals surface area contributed by atoms with E-state index in [1.165, 1.54) is 23.4 Å². The van der Waals surface area contributed by atoms with Gasteiger partial charge in [0, 0.05) is 35.4 Å². The molecule has 2 amide bonds. The minimum absolute atomic E-state index is 0.167. The number of sulfonamides is 1. The Bertz CT molecular complexity index is 1320. The van der Waals surface area contributed by atoms with Gasteiger partial charge < -0.3 is 10.6 Å².